The van der Waals surface area contributed by atoms with E-state index in [1.807, 2.05) is 38.1 Å². The molecule has 5 heteroatoms. The largest absolute Gasteiger partial charge is 0.484 e. The molecule has 2 aromatic rings. The molecule has 0 aliphatic rings. The Morgan fingerprint density at radius 1 is 1.33 bits per heavy atom. The number of carbonyl (C=O) groups excluding carboxylic acids is 1. The molecule has 4 nitrogen and oxygen atoms in total. The third-order valence-corrected chi connectivity index (χ3v) is 5.30. The van der Waals surface area contributed by atoms with Gasteiger partial charge in [-0.3, -0.25) is 4.79 Å². The van der Waals surface area contributed by atoms with E-state index in [0.29, 0.717) is 22.2 Å². The Bertz CT molecular complexity index is 757. The maximum Gasteiger partial charge on any atom is 0.262 e. The number of aryl methyl sites for hydroxylation is 1. The van der Waals surface area contributed by atoms with Gasteiger partial charge in [-0.2, -0.15) is 5.26 Å². The summed E-state index contributed by atoms with van der Waals surface area (Å²) < 4.78 is 5.53. The normalized spacial score (nSPS) is 11.6. The Kier molecular flexibility index (Phi) is 5.99. The lowest BCUT2D eigenvalue weighted by Crippen LogP contribution is -2.20. The van der Waals surface area contributed by atoms with E-state index in [1.165, 1.54) is 16.9 Å². The van der Waals surface area contributed by atoms with Crippen molar-refractivity contribution in [3.8, 4) is 11.8 Å². The fraction of sp³-hybridized carbons (Fsp3) is 0.368. The second-order valence-electron chi connectivity index (χ2n) is 5.81. The van der Waals surface area contributed by atoms with Crippen molar-refractivity contribution < 1.29 is 9.53 Å². The Morgan fingerprint density at radius 2 is 2.00 bits per heavy atom. The molecule has 0 fully saturated rings. The number of thiophene rings is 1. The number of hydrogen-bond acceptors (Lipinski definition) is 4. The highest BCUT2D eigenvalue weighted by Crippen LogP contribution is 2.31. The molecule has 1 N–H and O–H groups in total. The van der Waals surface area contributed by atoms with Crippen molar-refractivity contribution in [1.82, 2.24) is 0 Å². The van der Waals surface area contributed by atoms with E-state index in [0.717, 1.165) is 16.9 Å². The van der Waals surface area contributed by atoms with Crippen LogP contribution >= 0.6 is 11.3 Å². The summed E-state index contributed by atoms with van der Waals surface area (Å²) in [5, 5.41) is 12.6. The van der Waals surface area contributed by atoms with Gasteiger partial charge in [-0.25, -0.2) is 0 Å². The van der Waals surface area contributed by atoms with Gasteiger partial charge in [0.05, 0.1) is 5.56 Å². The summed E-state index contributed by atoms with van der Waals surface area (Å²) in [5.74, 6) is 0.909. The molecular weight excluding hydrogens is 320 g/mol. The van der Waals surface area contributed by atoms with E-state index in [-0.39, 0.29) is 12.5 Å². The number of nitrogens with one attached hydrogen (secondary N) is 1. The van der Waals surface area contributed by atoms with E-state index in [9.17, 15) is 10.1 Å². The maximum absolute atomic E-state index is 12.1. The third kappa shape index (κ3) is 4.15. The first kappa shape index (κ1) is 18.0. The number of benzene rings is 1. The lowest BCUT2D eigenvalue weighted by molar-refractivity contribution is -0.118. The number of anilines is 1. The SMILES string of the molecule is CC[C@H](C)c1ccc(OCC(=O)Nc2sc(C)c(C)c2C#N)cc1. The quantitative estimate of drug-likeness (QED) is 0.822. The molecule has 0 saturated carbocycles. The fourth-order valence-electron chi connectivity index (χ4n) is 2.29. The van der Waals surface area contributed by atoms with Crippen LogP contribution in [-0.4, -0.2) is 12.5 Å². The minimum atomic E-state index is -0.265. The van der Waals surface area contributed by atoms with E-state index in [1.54, 1.807) is 0 Å². The van der Waals surface area contributed by atoms with Gasteiger partial charge in [-0.05, 0) is 49.4 Å². The lowest BCUT2D eigenvalue weighted by Gasteiger charge is -2.10. The molecule has 2 rings (SSSR count). The Hall–Kier alpha value is -2.32. The van der Waals surface area contributed by atoms with Crippen LogP contribution in [0.3, 0.4) is 0 Å². The van der Waals surface area contributed by atoms with Crippen LogP contribution in [-0.2, 0) is 4.79 Å². The van der Waals surface area contributed by atoms with Gasteiger partial charge >= 0.3 is 0 Å². The zero-order valence-electron chi connectivity index (χ0n) is 14.5. The smallest absolute Gasteiger partial charge is 0.262 e. The summed E-state index contributed by atoms with van der Waals surface area (Å²) in [6.45, 7) is 8.08. The van der Waals surface area contributed by atoms with Crippen molar-refractivity contribution in [2.75, 3.05) is 11.9 Å². The van der Waals surface area contributed by atoms with Gasteiger partial charge in [0.15, 0.2) is 6.61 Å². The summed E-state index contributed by atoms with van der Waals surface area (Å²) in [6.07, 6.45) is 1.09. The highest BCUT2D eigenvalue weighted by Gasteiger charge is 2.14. The van der Waals surface area contributed by atoms with E-state index < -0.39 is 0 Å². The van der Waals surface area contributed by atoms with Gasteiger partial charge in [0.2, 0.25) is 0 Å². The monoisotopic (exact) mass is 342 g/mol. The third-order valence-electron chi connectivity index (χ3n) is 4.18. The van der Waals surface area contributed by atoms with E-state index in [4.69, 9.17) is 4.74 Å². The van der Waals surface area contributed by atoms with Crippen LogP contribution in [0.1, 0.15) is 47.8 Å². The van der Waals surface area contributed by atoms with Gasteiger partial charge in [-0.1, -0.05) is 26.0 Å². The van der Waals surface area contributed by atoms with Gasteiger partial charge in [0.25, 0.3) is 5.91 Å². The number of carbonyl (C=O) groups is 1. The molecule has 24 heavy (non-hydrogen) atoms. The topological polar surface area (TPSA) is 62.1 Å². The van der Waals surface area contributed by atoms with Crippen molar-refractivity contribution in [3.05, 3.63) is 45.8 Å². The zero-order chi connectivity index (χ0) is 17.7. The average Bonchev–Trinajstić information content (AvgIpc) is 2.86. The number of rotatable bonds is 6. The van der Waals surface area contributed by atoms with Crippen LogP contribution in [0.25, 0.3) is 0 Å². The first-order chi connectivity index (χ1) is 11.5. The molecule has 126 valence electrons. The maximum atomic E-state index is 12.1. The van der Waals surface area contributed by atoms with Crippen molar-refractivity contribution in [3.63, 3.8) is 0 Å². The van der Waals surface area contributed by atoms with Gasteiger partial charge in [0, 0.05) is 4.88 Å². The zero-order valence-corrected chi connectivity index (χ0v) is 15.3. The predicted molar refractivity (Wildman–Crippen MR) is 97.8 cm³/mol. The first-order valence-electron chi connectivity index (χ1n) is 7.99. The number of nitriles is 1. The molecule has 0 radical (unpaired) electrons. The van der Waals surface area contributed by atoms with Gasteiger partial charge in [0.1, 0.15) is 16.8 Å². The molecule has 0 saturated heterocycles. The van der Waals surface area contributed by atoms with E-state index >= 15 is 0 Å². The highest BCUT2D eigenvalue weighted by molar-refractivity contribution is 7.16. The second kappa shape index (κ2) is 7.98. The highest BCUT2D eigenvalue weighted by atomic mass is 32.1. The van der Waals surface area contributed by atoms with Crippen LogP contribution in [0.2, 0.25) is 0 Å². The Balaban J connectivity index is 1.94. The van der Waals surface area contributed by atoms with Crippen LogP contribution in [0.5, 0.6) is 5.75 Å². The minimum Gasteiger partial charge on any atom is -0.484 e. The molecule has 0 bridgehead atoms. The second-order valence-corrected chi connectivity index (χ2v) is 7.04. The summed E-state index contributed by atoms with van der Waals surface area (Å²) in [5.41, 5.74) is 2.71. The molecule has 0 spiro atoms. The number of nitrogens with zero attached hydrogens (tertiary/aromatic N) is 1. The van der Waals surface area contributed by atoms with E-state index in [2.05, 4.69) is 25.2 Å². The molecular formula is C19H22N2O2S. The van der Waals surface area contributed by atoms with Crippen molar-refractivity contribution in [1.29, 1.82) is 5.26 Å². The Morgan fingerprint density at radius 3 is 2.58 bits per heavy atom. The van der Waals surface area contributed by atoms with Crippen LogP contribution in [0.4, 0.5) is 5.00 Å². The summed E-state index contributed by atoms with van der Waals surface area (Å²) in [6, 6.07) is 9.97. The number of hydrogen-bond donors (Lipinski definition) is 1. The molecule has 1 heterocycles. The fourth-order valence-corrected chi connectivity index (χ4v) is 3.32. The average molecular weight is 342 g/mol. The minimum absolute atomic E-state index is 0.0798. The molecule has 1 amide bonds. The standard InChI is InChI=1S/C19H22N2O2S/c1-5-12(2)15-6-8-16(9-7-15)23-11-18(22)21-19-17(10-20)13(3)14(4)24-19/h6-9,12H,5,11H2,1-4H3,(H,21,22)/t12-/m0/s1. The van der Waals surface area contributed by atoms with Crippen molar-refractivity contribution in [2.45, 2.75) is 40.0 Å². The number of ether oxygens (including phenoxy) is 1. The molecule has 0 unspecified atom stereocenters. The number of amides is 1. The first-order valence-corrected chi connectivity index (χ1v) is 8.80. The summed E-state index contributed by atoms with van der Waals surface area (Å²) in [4.78, 5) is 13.1. The molecule has 0 aliphatic carbocycles. The Labute approximate surface area is 147 Å². The van der Waals surface area contributed by atoms with Gasteiger partial charge in [-0.15, -0.1) is 11.3 Å². The predicted octanol–water partition coefficient (Wildman–Crippen LogP) is 4.77. The molecule has 1 atom stereocenters. The van der Waals surface area contributed by atoms with Crippen molar-refractivity contribution in [2.24, 2.45) is 0 Å². The summed E-state index contributed by atoms with van der Waals surface area (Å²) in [7, 11) is 0. The molecule has 0 aliphatic heterocycles. The lowest BCUT2D eigenvalue weighted by atomic mass is 9.99. The molecule has 1 aromatic carbocycles. The van der Waals surface area contributed by atoms with Gasteiger partial charge < -0.3 is 10.1 Å². The van der Waals surface area contributed by atoms with Crippen LogP contribution in [0, 0.1) is 25.2 Å². The summed E-state index contributed by atoms with van der Waals surface area (Å²) >= 11 is 1.41. The van der Waals surface area contributed by atoms with Crippen molar-refractivity contribution >= 4 is 22.2 Å². The van der Waals surface area contributed by atoms with Crippen LogP contribution in [0.15, 0.2) is 24.3 Å². The molecule has 1 aromatic heterocycles. The van der Waals surface area contributed by atoms with Crippen LogP contribution < -0.4 is 10.1 Å².